The van der Waals surface area contributed by atoms with Crippen molar-refractivity contribution in [2.45, 2.75) is 25.2 Å². The topological polar surface area (TPSA) is 29.1 Å². The van der Waals surface area contributed by atoms with Gasteiger partial charge >= 0.3 is 0 Å². The SMILES string of the molecule is O=C(NCCCCBr)C1CC1c1ccccc1. The summed E-state index contributed by atoms with van der Waals surface area (Å²) >= 11 is 3.39. The molecule has 1 N–H and O–H groups in total. The number of rotatable bonds is 6. The molecule has 1 aromatic rings. The first-order valence-corrected chi connectivity index (χ1v) is 7.33. The van der Waals surface area contributed by atoms with Crippen LogP contribution in [0, 0.1) is 5.92 Å². The second kappa shape index (κ2) is 6.20. The first-order valence-electron chi connectivity index (χ1n) is 6.21. The van der Waals surface area contributed by atoms with Crippen molar-refractivity contribution in [1.29, 1.82) is 0 Å². The molecule has 1 aliphatic rings. The Morgan fingerprint density at radius 3 is 2.76 bits per heavy atom. The molecule has 0 spiro atoms. The lowest BCUT2D eigenvalue weighted by molar-refractivity contribution is -0.122. The van der Waals surface area contributed by atoms with Crippen LogP contribution < -0.4 is 5.32 Å². The molecule has 1 fully saturated rings. The molecule has 2 rings (SSSR count). The van der Waals surface area contributed by atoms with Crippen LogP contribution in [-0.2, 0) is 4.79 Å². The molecule has 1 aromatic carbocycles. The molecule has 2 unspecified atom stereocenters. The molecule has 0 aliphatic heterocycles. The van der Waals surface area contributed by atoms with Crippen LogP contribution in [0.2, 0.25) is 0 Å². The van der Waals surface area contributed by atoms with Crippen molar-refractivity contribution in [2.24, 2.45) is 5.92 Å². The maximum atomic E-state index is 11.8. The van der Waals surface area contributed by atoms with Crippen LogP contribution in [0.25, 0.3) is 0 Å². The highest BCUT2D eigenvalue weighted by Gasteiger charge is 2.43. The van der Waals surface area contributed by atoms with Gasteiger partial charge in [0.05, 0.1) is 0 Å². The van der Waals surface area contributed by atoms with E-state index in [0.29, 0.717) is 5.92 Å². The molecule has 2 atom stereocenters. The summed E-state index contributed by atoms with van der Waals surface area (Å²) in [7, 11) is 0. The number of benzene rings is 1. The van der Waals surface area contributed by atoms with Crippen molar-refractivity contribution < 1.29 is 4.79 Å². The number of unbranched alkanes of at least 4 members (excludes halogenated alkanes) is 1. The molecular formula is C14H18BrNO. The Morgan fingerprint density at radius 1 is 1.29 bits per heavy atom. The van der Waals surface area contributed by atoms with Crippen LogP contribution >= 0.6 is 15.9 Å². The van der Waals surface area contributed by atoms with E-state index in [9.17, 15) is 4.79 Å². The number of halogens is 1. The number of carbonyl (C=O) groups excluding carboxylic acids is 1. The third-order valence-electron chi connectivity index (χ3n) is 3.21. The van der Waals surface area contributed by atoms with Gasteiger partial charge in [-0.15, -0.1) is 0 Å². The Morgan fingerprint density at radius 2 is 2.06 bits per heavy atom. The summed E-state index contributed by atoms with van der Waals surface area (Å²) in [6.07, 6.45) is 3.18. The van der Waals surface area contributed by atoms with Gasteiger partial charge in [-0.25, -0.2) is 0 Å². The number of hydrogen-bond acceptors (Lipinski definition) is 1. The van der Waals surface area contributed by atoms with E-state index in [1.807, 2.05) is 18.2 Å². The van der Waals surface area contributed by atoms with Gasteiger partial charge in [0, 0.05) is 17.8 Å². The zero-order chi connectivity index (χ0) is 12.1. The molecule has 3 heteroatoms. The molecule has 0 saturated heterocycles. The van der Waals surface area contributed by atoms with Crippen molar-refractivity contribution in [2.75, 3.05) is 11.9 Å². The number of amides is 1. The molecular weight excluding hydrogens is 278 g/mol. The molecule has 92 valence electrons. The molecule has 0 heterocycles. The van der Waals surface area contributed by atoms with E-state index in [1.54, 1.807) is 0 Å². The van der Waals surface area contributed by atoms with Crippen LogP contribution in [0.5, 0.6) is 0 Å². The lowest BCUT2D eigenvalue weighted by Gasteiger charge is -2.04. The van der Waals surface area contributed by atoms with E-state index < -0.39 is 0 Å². The summed E-state index contributed by atoms with van der Waals surface area (Å²) < 4.78 is 0. The number of carbonyl (C=O) groups is 1. The van der Waals surface area contributed by atoms with E-state index >= 15 is 0 Å². The van der Waals surface area contributed by atoms with Crippen molar-refractivity contribution in [3.63, 3.8) is 0 Å². The van der Waals surface area contributed by atoms with Crippen LogP contribution in [0.3, 0.4) is 0 Å². The maximum Gasteiger partial charge on any atom is 0.223 e. The fourth-order valence-corrected chi connectivity index (χ4v) is 2.51. The summed E-state index contributed by atoms with van der Waals surface area (Å²) in [6.45, 7) is 0.808. The minimum absolute atomic E-state index is 0.210. The smallest absolute Gasteiger partial charge is 0.223 e. The molecule has 0 radical (unpaired) electrons. The molecule has 0 aromatic heterocycles. The minimum atomic E-state index is 0.210. The fourth-order valence-electron chi connectivity index (χ4n) is 2.12. The normalized spacial score (nSPS) is 22.2. The predicted octanol–water partition coefficient (Wildman–Crippen LogP) is 3.08. The summed E-state index contributed by atoms with van der Waals surface area (Å²) in [4.78, 5) is 11.8. The molecule has 17 heavy (non-hydrogen) atoms. The van der Waals surface area contributed by atoms with E-state index in [-0.39, 0.29) is 11.8 Å². The van der Waals surface area contributed by atoms with Crippen molar-refractivity contribution >= 4 is 21.8 Å². The zero-order valence-electron chi connectivity index (χ0n) is 9.86. The van der Waals surface area contributed by atoms with E-state index in [4.69, 9.17) is 0 Å². The van der Waals surface area contributed by atoms with E-state index in [2.05, 4.69) is 33.4 Å². The molecule has 1 saturated carbocycles. The zero-order valence-corrected chi connectivity index (χ0v) is 11.4. The van der Waals surface area contributed by atoms with Crippen LogP contribution in [0.1, 0.15) is 30.7 Å². The quantitative estimate of drug-likeness (QED) is 0.634. The van der Waals surface area contributed by atoms with Crippen LogP contribution in [0.4, 0.5) is 0 Å². The molecule has 1 aliphatic carbocycles. The van der Waals surface area contributed by atoms with Gasteiger partial charge in [-0.3, -0.25) is 4.79 Å². The lowest BCUT2D eigenvalue weighted by atomic mass is 10.1. The molecule has 0 bridgehead atoms. The Balaban J connectivity index is 1.73. The average Bonchev–Trinajstić information content (AvgIpc) is 3.16. The second-order valence-electron chi connectivity index (χ2n) is 4.55. The van der Waals surface area contributed by atoms with Gasteiger partial charge in [0.2, 0.25) is 5.91 Å². The standard InChI is InChI=1S/C14H18BrNO/c15-8-4-5-9-16-14(17)13-10-12(13)11-6-2-1-3-7-11/h1-3,6-7,12-13H,4-5,8-10H2,(H,16,17). The highest BCUT2D eigenvalue weighted by molar-refractivity contribution is 9.09. The Kier molecular flexibility index (Phi) is 4.60. The van der Waals surface area contributed by atoms with Gasteiger partial charge < -0.3 is 5.32 Å². The highest BCUT2D eigenvalue weighted by Crippen LogP contribution is 2.47. The molecule has 1 amide bonds. The Labute approximate surface area is 111 Å². The molecule has 2 nitrogen and oxygen atoms in total. The van der Waals surface area contributed by atoms with Crippen molar-refractivity contribution in [1.82, 2.24) is 5.32 Å². The van der Waals surface area contributed by atoms with Gasteiger partial charge in [0.1, 0.15) is 0 Å². The average molecular weight is 296 g/mol. The first-order chi connectivity index (χ1) is 8.33. The summed E-state index contributed by atoms with van der Waals surface area (Å²) in [5, 5.41) is 4.03. The lowest BCUT2D eigenvalue weighted by Crippen LogP contribution is -2.26. The first kappa shape index (κ1) is 12.6. The Hall–Kier alpha value is -0.830. The number of alkyl halides is 1. The predicted molar refractivity (Wildman–Crippen MR) is 73.3 cm³/mol. The van der Waals surface area contributed by atoms with Crippen LogP contribution in [-0.4, -0.2) is 17.8 Å². The largest absolute Gasteiger partial charge is 0.356 e. The van der Waals surface area contributed by atoms with Gasteiger partial charge in [-0.2, -0.15) is 0 Å². The summed E-state index contributed by atoms with van der Waals surface area (Å²) in [5.41, 5.74) is 1.30. The summed E-state index contributed by atoms with van der Waals surface area (Å²) in [6, 6.07) is 10.3. The maximum absolute atomic E-state index is 11.8. The van der Waals surface area contributed by atoms with Gasteiger partial charge in [-0.05, 0) is 30.7 Å². The summed E-state index contributed by atoms with van der Waals surface area (Å²) in [5.74, 6) is 0.891. The highest BCUT2D eigenvalue weighted by atomic mass is 79.9. The number of nitrogens with one attached hydrogen (secondary N) is 1. The van der Waals surface area contributed by atoms with Crippen molar-refractivity contribution in [3.05, 3.63) is 35.9 Å². The second-order valence-corrected chi connectivity index (χ2v) is 5.34. The Bertz CT molecular complexity index is 366. The third-order valence-corrected chi connectivity index (χ3v) is 3.78. The number of hydrogen-bond donors (Lipinski definition) is 1. The van der Waals surface area contributed by atoms with E-state index in [0.717, 1.165) is 31.1 Å². The van der Waals surface area contributed by atoms with Crippen molar-refractivity contribution in [3.8, 4) is 0 Å². The fraction of sp³-hybridized carbons (Fsp3) is 0.500. The third kappa shape index (κ3) is 3.56. The minimum Gasteiger partial charge on any atom is -0.356 e. The van der Waals surface area contributed by atoms with Gasteiger partial charge in [0.15, 0.2) is 0 Å². The monoisotopic (exact) mass is 295 g/mol. The van der Waals surface area contributed by atoms with E-state index in [1.165, 1.54) is 5.56 Å². The van der Waals surface area contributed by atoms with Gasteiger partial charge in [0.25, 0.3) is 0 Å². The van der Waals surface area contributed by atoms with Crippen LogP contribution in [0.15, 0.2) is 30.3 Å². The van der Waals surface area contributed by atoms with Gasteiger partial charge in [-0.1, -0.05) is 46.3 Å².